The molecule has 2 unspecified atom stereocenters. The molecule has 124 valence electrons. The number of ether oxygens (including phenoxy) is 2. The van der Waals surface area contributed by atoms with Gasteiger partial charge in [-0.05, 0) is 13.3 Å². The highest BCUT2D eigenvalue weighted by Crippen LogP contribution is 2.34. The van der Waals surface area contributed by atoms with E-state index >= 15 is 0 Å². The molecule has 0 saturated carbocycles. The summed E-state index contributed by atoms with van der Waals surface area (Å²) in [6.45, 7) is 1.93. The van der Waals surface area contributed by atoms with Crippen molar-refractivity contribution >= 4 is 5.91 Å². The van der Waals surface area contributed by atoms with Crippen molar-refractivity contribution in [2.75, 3.05) is 13.2 Å². The van der Waals surface area contributed by atoms with Gasteiger partial charge >= 0.3 is 6.18 Å². The fraction of sp³-hybridized carbons (Fsp3) is 0.750. The Bertz CT molecular complexity index is 506. The molecular weight excluding hydrogens is 307 g/mol. The number of nitrogens with one attached hydrogen (secondary N) is 1. The number of hydrogen-bond acceptors (Lipinski definition) is 6. The summed E-state index contributed by atoms with van der Waals surface area (Å²) in [6, 6.07) is 0. The van der Waals surface area contributed by atoms with Crippen LogP contribution in [0.1, 0.15) is 25.1 Å². The van der Waals surface area contributed by atoms with Crippen LogP contribution in [0.5, 0.6) is 0 Å². The summed E-state index contributed by atoms with van der Waals surface area (Å²) in [5.74, 6) is -1.76. The molecule has 7 nitrogen and oxygen atoms in total. The van der Waals surface area contributed by atoms with E-state index in [0.29, 0.717) is 12.4 Å². The van der Waals surface area contributed by atoms with E-state index in [2.05, 4.69) is 15.5 Å². The Hall–Kier alpha value is -1.68. The quantitative estimate of drug-likeness (QED) is 0.846. The summed E-state index contributed by atoms with van der Waals surface area (Å²) in [5.41, 5.74) is 0. The first kappa shape index (κ1) is 16.7. The lowest BCUT2D eigenvalue weighted by atomic mass is 10.1. The van der Waals surface area contributed by atoms with Gasteiger partial charge in [0, 0.05) is 6.61 Å². The second-order valence-electron chi connectivity index (χ2n) is 4.76. The van der Waals surface area contributed by atoms with Crippen LogP contribution in [0.15, 0.2) is 4.52 Å². The van der Waals surface area contributed by atoms with Gasteiger partial charge in [-0.1, -0.05) is 5.16 Å². The summed E-state index contributed by atoms with van der Waals surface area (Å²) in [5, 5.41) is 6.05. The minimum atomic E-state index is -4.35. The third kappa shape index (κ3) is 4.41. The highest BCUT2D eigenvalue weighted by Gasteiger charge is 2.46. The predicted octanol–water partition coefficient (Wildman–Crippen LogP) is 1.19. The third-order valence-electron chi connectivity index (χ3n) is 3.11. The number of rotatable bonds is 6. The van der Waals surface area contributed by atoms with E-state index in [1.807, 2.05) is 6.92 Å². The van der Waals surface area contributed by atoms with E-state index in [1.54, 1.807) is 0 Å². The first-order valence-corrected chi connectivity index (χ1v) is 6.75. The molecule has 1 aromatic heterocycles. The van der Waals surface area contributed by atoms with Crippen molar-refractivity contribution in [3.05, 3.63) is 11.7 Å². The number of alkyl halides is 3. The first-order chi connectivity index (χ1) is 10.4. The molecule has 1 aromatic rings. The van der Waals surface area contributed by atoms with Crippen LogP contribution in [-0.4, -0.2) is 41.5 Å². The lowest BCUT2D eigenvalue weighted by molar-refractivity contribution is -0.173. The van der Waals surface area contributed by atoms with Gasteiger partial charge in [-0.15, -0.1) is 0 Å². The minimum Gasteiger partial charge on any atom is -0.374 e. The van der Waals surface area contributed by atoms with E-state index in [0.717, 1.165) is 0 Å². The van der Waals surface area contributed by atoms with Gasteiger partial charge < -0.3 is 19.3 Å². The Labute approximate surface area is 124 Å². The maximum atomic E-state index is 12.5. The molecular formula is C12H16F3N3O4. The van der Waals surface area contributed by atoms with Crippen molar-refractivity contribution < 1.29 is 32.0 Å². The van der Waals surface area contributed by atoms with Crippen LogP contribution in [0.25, 0.3) is 0 Å². The van der Waals surface area contributed by atoms with E-state index in [-0.39, 0.29) is 25.5 Å². The summed E-state index contributed by atoms with van der Waals surface area (Å²) in [4.78, 5) is 15.7. The maximum absolute atomic E-state index is 12.5. The summed E-state index contributed by atoms with van der Waals surface area (Å²) >= 11 is 0. The Balaban J connectivity index is 1.77. The zero-order chi connectivity index (χ0) is 16.2. The van der Waals surface area contributed by atoms with Crippen molar-refractivity contribution in [1.82, 2.24) is 15.5 Å². The zero-order valence-corrected chi connectivity index (χ0v) is 11.9. The SMILES string of the molecule is CCOCc1noc(CNC(=O)C2CC(C(F)(F)F)CO2)n1. The second-order valence-corrected chi connectivity index (χ2v) is 4.76. The van der Waals surface area contributed by atoms with Gasteiger partial charge in [-0.3, -0.25) is 4.79 Å². The lowest BCUT2D eigenvalue weighted by Gasteiger charge is -2.12. The molecule has 22 heavy (non-hydrogen) atoms. The van der Waals surface area contributed by atoms with Crippen LogP contribution >= 0.6 is 0 Å². The number of nitrogens with zero attached hydrogens (tertiary/aromatic N) is 2. The monoisotopic (exact) mass is 323 g/mol. The van der Waals surface area contributed by atoms with Crippen LogP contribution in [0.4, 0.5) is 13.2 Å². The molecule has 0 spiro atoms. The normalized spacial score (nSPS) is 22.0. The van der Waals surface area contributed by atoms with Gasteiger partial charge in [0.25, 0.3) is 0 Å². The van der Waals surface area contributed by atoms with Crippen molar-refractivity contribution in [3.63, 3.8) is 0 Å². The van der Waals surface area contributed by atoms with Crippen molar-refractivity contribution in [2.24, 2.45) is 5.92 Å². The second kappa shape index (κ2) is 7.05. The standard InChI is InChI=1S/C12H16F3N3O4/c1-2-20-6-9-17-10(22-18-9)4-16-11(19)8-3-7(5-21-8)12(13,14)15/h7-8H,2-6H2,1H3,(H,16,19). The predicted molar refractivity (Wildman–Crippen MR) is 65.4 cm³/mol. The Morgan fingerprint density at radius 3 is 2.91 bits per heavy atom. The molecule has 2 atom stereocenters. The largest absolute Gasteiger partial charge is 0.394 e. The van der Waals surface area contributed by atoms with Gasteiger partial charge in [0.05, 0.1) is 19.1 Å². The Morgan fingerprint density at radius 2 is 2.27 bits per heavy atom. The van der Waals surface area contributed by atoms with Gasteiger partial charge in [0.2, 0.25) is 11.8 Å². The van der Waals surface area contributed by atoms with E-state index in [9.17, 15) is 18.0 Å². The van der Waals surface area contributed by atoms with Crippen molar-refractivity contribution in [1.29, 1.82) is 0 Å². The molecule has 1 fully saturated rings. The van der Waals surface area contributed by atoms with Gasteiger partial charge in [0.15, 0.2) is 5.82 Å². The number of hydrogen-bond donors (Lipinski definition) is 1. The van der Waals surface area contributed by atoms with Crippen molar-refractivity contribution in [3.8, 4) is 0 Å². The fourth-order valence-electron chi connectivity index (χ4n) is 1.93. The summed E-state index contributed by atoms with van der Waals surface area (Å²) < 4.78 is 52.3. The highest BCUT2D eigenvalue weighted by molar-refractivity contribution is 5.80. The average Bonchev–Trinajstić information content (AvgIpc) is 3.11. The smallest absolute Gasteiger partial charge is 0.374 e. The highest BCUT2D eigenvalue weighted by atomic mass is 19.4. The van der Waals surface area contributed by atoms with Gasteiger partial charge in [-0.25, -0.2) is 0 Å². The fourth-order valence-corrected chi connectivity index (χ4v) is 1.93. The summed E-state index contributed by atoms with van der Waals surface area (Å²) in [6.07, 6.45) is -5.85. The zero-order valence-electron chi connectivity index (χ0n) is 11.9. The first-order valence-electron chi connectivity index (χ1n) is 6.75. The van der Waals surface area contributed by atoms with Crippen LogP contribution in [0, 0.1) is 5.92 Å². The number of carbonyl (C=O) groups excluding carboxylic acids is 1. The molecule has 2 rings (SSSR count). The average molecular weight is 323 g/mol. The molecule has 1 N–H and O–H groups in total. The molecule has 0 radical (unpaired) electrons. The number of halogens is 3. The molecule has 1 amide bonds. The minimum absolute atomic E-state index is 0.0749. The van der Waals surface area contributed by atoms with Crippen LogP contribution < -0.4 is 5.32 Å². The lowest BCUT2D eigenvalue weighted by Crippen LogP contribution is -2.34. The molecule has 0 aliphatic carbocycles. The molecule has 1 saturated heterocycles. The van der Waals surface area contributed by atoms with Gasteiger partial charge in [-0.2, -0.15) is 18.2 Å². The van der Waals surface area contributed by atoms with Crippen LogP contribution in [0.2, 0.25) is 0 Å². The molecule has 1 aliphatic heterocycles. The Kier molecular flexibility index (Phi) is 5.35. The number of amides is 1. The maximum Gasteiger partial charge on any atom is 0.394 e. The third-order valence-corrected chi connectivity index (χ3v) is 3.11. The molecule has 0 aromatic carbocycles. The molecule has 1 aliphatic rings. The van der Waals surface area contributed by atoms with E-state index in [4.69, 9.17) is 14.0 Å². The Morgan fingerprint density at radius 1 is 1.50 bits per heavy atom. The molecule has 10 heteroatoms. The number of aromatic nitrogens is 2. The van der Waals surface area contributed by atoms with Crippen LogP contribution in [0.3, 0.4) is 0 Å². The molecule has 2 heterocycles. The van der Waals surface area contributed by atoms with Gasteiger partial charge in [0.1, 0.15) is 12.7 Å². The summed E-state index contributed by atoms with van der Waals surface area (Å²) in [7, 11) is 0. The topological polar surface area (TPSA) is 86.5 Å². The van der Waals surface area contributed by atoms with E-state index < -0.39 is 30.7 Å². The molecule has 0 bridgehead atoms. The number of carbonyl (C=O) groups is 1. The van der Waals surface area contributed by atoms with Crippen molar-refractivity contribution in [2.45, 2.75) is 38.8 Å². The van der Waals surface area contributed by atoms with E-state index in [1.165, 1.54) is 0 Å². The van der Waals surface area contributed by atoms with Crippen LogP contribution in [-0.2, 0) is 27.4 Å².